The zero-order valence-electron chi connectivity index (χ0n) is 11.1. The number of nitrogens with one attached hydrogen (secondary N) is 1. The third-order valence-corrected chi connectivity index (χ3v) is 4.22. The molecule has 2 rings (SSSR count). The van der Waals surface area contributed by atoms with Gasteiger partial charge in [-0.1, -0.05) is 12.2 Å². The van der Waals surface area contributed by atoms with Crippen molar-refractivity contribution in [2.24, 2.45) is 5.73 Å². The Morgan fingerprint density at radius 3 is 2.38 bits per heavy atom. The molecule has 0 radical (unpaired) electrons. The number of hydrogen-bond acceptors (Lipinski definition) is 5. The minimum absolute atomic E-state index is 0.0262. The van der Waals surface area contributed by atoms with Crippen molar-refractivity contribution in [1.29, 1.82) is 0 Å². The minimum Gasteiger partial charge on any atom is -0.497 e. The van der Waals surface area contributed by atoms with E-state index in [0.717, 1.165) is 0 Å². The number of rotatable bonds is 5. The number of sulfonamides is 1. The van der Waals surface area contributed by atoms with Gasteiger partial charge in [-0.3, -0.25) is 9.71 Å². The Morgan fingerprint density at radius 1 is 1.24 bits per heavy atom. The third-order valence-electron chi connectivity index (χ3n) is 2.64. The molecule has 0 amide bonds. The van der Waals surface area contributed by atoms with Crippen LogP contribution in [0.1, 0.15) is 5.69 Å². The van der Waals surface area contributed by atoms with Crippen molar-refractivity contribution in [3.63, 3.8) is 0 Å². The van der Waals surface area contributed by atoms with Gasteiger partial charge in [-0.15, -0.1) is 0 Å². The molecular formula is C13H13N3O3S2. The summed E-state index contributed by atoms with van der Waals surface area (Å²) < 4.78 is 31.8. The molecule has 0 atom stereocenters. The van der Waals surface area contributed by atoms with Crippen LogP contribution in [-0.4, -0.2) is 25.5 Å². The standard InChI is InChI=1S/C13H13N3O3S2/c1-19-10-4-2-9(3-5-10)16-21(17,18)11-6-7-12(13(14)20)15-8-11/h2-8,16H,1H3,(H2,14,20). The first kappa shape index (κ1) is 15.2. The number of nitrogens with two attached hydrogens (primary N) is 1. The Kier molecular flexibility index (Phi) is 4.39. The zero-order valence-corrected chi connectivity index (χ0v) is 12.7. The molecule has 0 aliphatic rings. The van der Waals surface area contributed by atoms with E-state index in [9.17, 15) is 8.42 Å². The van der Waals surface area contributed by atoms with Gasteiger partial charge < -0.3 is 10.5 Å². The molecular weight excluding hydrogens is 310 g/mol. The number of thiocarbonyl (C=S) groups is 1. The van der Waals surface area contributed by atoms with Crippen molar-refractivity contribution in [2.75, 3.05) is 11.8 Å². The van der Waals surface area contributed by atoms with Crippen LogP contribution in [0.15, 0.2) is 47.5 Å². The van der Waals surface area contributed by atoms with Gasteiger partial charge in [0.15, 0.2) is 0 Å². The van der Waals surface area contributed by atoms with Crippen LogP contribution in [0.25, 0.3) is 0 Å². The number of benzene rings is 1. The Labute approximate surface area is 128 Å². The summed E-state index contributed by atoms with van der Waals surface area (Å²) in [6.07, 6.45) is 1.21. The molecule has 0 aliphatic heterocycles. The Bertz CT molecular complexity index is 741. The average Bonchev–Trinajstić information content (AvgIpc) is 2.48. The molecule has 0 unspecified atom stereocenters. The first-order chi connectivity index (χ1) is 9.92. The highest BCUT2D eigenvalue weighted by Crippen LogP contribution is 2.19. The number of methoxy groups -OCH3 is 1. The van der Waals surface area contributed by atoms with Crippen LogP contribution in [0.4, 0.5) is 5.69 Å². The highest BCUT2D eigenvalue weighted by molar-refractivity contribution is 7.92. The molecule has 2 aromatic rings. The van der Waals surface area contributed by atoms with Gasteiger partial charge in [0, 0.05) is 11.9 Å². The van der Waals surface area contributed by atoms with E-state index < -0.39 is 10.0 Å². The Balaban J connectivity index is 2.22. The van der Waals surface area contributed by atoms with E-state index in [4.69, 9.17) is 22.7 Å². The average molecular weight is 323 g/mol. The summed E-state index contributed by atoms with van der Waals surface area (Å²) in [6.45, 7) is 0. The smallest absolute Gasteiger partial charge is 0.263 e. The molecule has 0 saturated heterocycles. The predicted octanol–water partition coefficient (Wildman–Crippen LogP) is 1.53. The summed E-state index contributed by atoms with van der Waals surface area (Å²) in [6, 6.07) is 9.39. The summed E-state index contributed by atoms with van der Waals surface area (Å²) in [5, 5.41) is 0. The van der Waals surface area contributed by atoms with Crippen LogP contribution < -0.4 is 15.2 Å². The van der Waals surface area contributed by atoms with Crippen LogP contribution in [-0.2, 0) is 10.0 Å². The van der Waals surface area contributed by atoms with Crippen molar-refractivity contribution < 1.29 is 13.2 Å². The van der Waals surface area contributed by atoms with Crippen LogP contribution >= 0.6 is 12.2 Å². The second-order valence-corrected chi connectivity index (χ2v) is 6.20. The van der Waals surface area contributed by atoms with E-state index in [1.54, 1.807) is 24.3 Å². The van der Waals surface area contributed by atoms with Crippen molar-refractivity contribution in [3.8, 4) is 5.75 Å². The van der Waals surface area contributed by atoms with E-state index >= 15 is 0 Å². The minimum atomic E-state index is -3.71. The van der Waals surface area contributed by atoms with Gasteiger partial charge in [0.2, 0.25) is 0 Å². The largest absolute Gasteiger partial charge is 0.497 e. The van der Waals surface area contributed by atoms with Crippen LogP contribution in [0.2, 0.25) is 0 Å². The summed E-state index contributed by atoms with van der Waals surface area (Å²) >= 11 is 4.77. The van der Waals surface area contributed by atoms with Gasteiger partial charge in [-0.05, 0) is 36.4 Å². The first-order valence-electron chi connectivity index (χ1n) is 5.85. The fraction of sp³-hybridized carbons (Fsp3) is 0.0769. The topological polar surface area (TPSA) is 94.3 Å². The number of ether oxygens (including phenoxy) is 1. The van der Waals surface area contributed by atoms with Gasteiger partial charge in [0.05, 0.1) is 12.8 Å². The highest BCUT2D eigenvalue weighted by atomic mass is 32.2. The van der Waals surface area contributed by atoms with Gasteiger partial charge in [-0.2, -0.15) is 0 Å². The maximum Gasteiger partial charge on any atom is 0.263 e. The lowest BCUT2D eigenvalue weighted by molar-refractivity contribution is 0.415. The second-order valence-electron chi connectivity index (χ2n) is 4.08. The molecule has 1 heterocycles. The molecule has 21 heavy (non-hydrogen) atoms. The van der Waals surface area contributed by atoms with E-state index in [2.05, 4.69) is 9.71 Å². The Morgan fingerprint density at radius 2 is 1.90 bits per heavy atom. The SMILES string of the molecule is COc1ccc(NS(=O)(=O)c2ccc(C(N)=S)nc2)cc1. The van der Waals surface area contributed by atoms with Gasteiger partial charge in [0.1, 0.15) is 15.6 Å². The predicted molar refractivity (Wildman–Crippen MR) is 83.9 cm³/mol. The van der Waals surface area contributed by atoms with Gasteiger partial charge in [-0.25, -0.2) is 8.42 Å². The molecule has 1 aromatic carbocycles. The van der Waals surface area contributed by atoms with E-state index in [0.29, 0.717) is 17.1 Å². The lowest BCUT2D eigenvalue weighted by atomic mass is 10.3. The third kappa shape index (κ3) is 3.67. The van der Waals surface area contributed by atoms with E-state index in [1.807, 2.05) is 0 Å². The summed E-state index contributed by atoms with van der Waals surface area (Å²) in [5.74, 6) is 0.639. The molecule has 0 fully saturated rings. The molecule has 0 aliphatic carbocycles. The molecule has 3 N–H and O–H groups in total. The summed E-state index contributed by atoms with van der Waals surface area (Å²) in [4.78, 5) is 4.05. The maximum absolute atomic E-state index is 12.2. The summed E-state index contributed by atoms with van der Waals surface area (Å²) in [7, 11) is -2.18. The molecule has 0 saturated carbocycles. The lowest BCUT2D eigenvalue weighted by Crippen LogP contribution is -2.15. The Hall–Kier alpha value is -2.19. The molecule has 1 aromatic heterocycles. The lowest BCUT2D eigenvalue weighted by Gasteiger charge is -2.09. The number of pyridine rings is 1. The van der Waals surface area contributed by atoms with Crippen LogP contribution in [0.3, 0.4) is 0 Å². The maximum atomic E-state index is 12.2. The second kappa shape index (κ2) is 6.06. The summed E-state index contributed by atoms with van der Waals surface area (Å²) in [5.41, 5.74) is 6.21. The van der Waals surface area contributed by atoms with Gasteiger partial charge in [0.25, 0.3) is 10.0 Å². The van der Waals surface area contributed by atoms with Gasteiger partial charge >= 0.3 is 0 Å². The fourth-order valence-corrected chi connectivity index (χ4v) is 2.68. The van der Waals surface area contributed by atoms with Crippen molar-refractivity contribution in [3.05, 3.63) is 48.3 Å². The molecule has 6 nitrogen and oxygen atoms in total. The first-order valence-corrected chi connectivity index (χ1v) is 7.74. The molecule has 0 bridgehead atoms. The monoisotopic (exact) mass is 323 g/mol. The fourth-order valence-electron chi connectivity index (χ4n) is 1.56. The number of anilines is 1. The molecule has 8 heteroatoms. The van der Waals surface area contributed by atoms with Crippen LogP contribution in [0, 0.1) is 0 Å². The number of aromatic nitrogens is 1. The highest BCUT2D eigenvalue weighted by Gasteiger charge is 2.15. The van der Waals surface area contributed by atoms with E-state index in [-0.39, 0.29) is 9.88 Å². The molecule has 110 valence electrons. The van der Waals surface area contributed by atoms with Crippen LogP contribution in [0.5, 0.6) is 5.75 Å². The van der Waals surface area contributed by atoms with Crippen molar-refractivity contribution >= 4 is 32.9 Å². The zero-order chi connectivity index (χ0) is 15.5. The quantitative estimate of drug-likeness (QED) is 0.810. The van der Waals surface area contributed by atoms with E-state index in [1.165, 1.54) is 25.4 Å². The normalized spacial score (nSPS) is 10.9. The van der Waals surface area contributed by atoms with Crippen molar-refractivity contribution in [2.45, 2.75) is 4.90 Å². The van der Waals surface area contributed by atoms with Crippen molar-refractivity contribution in [1.82, 2.24) is 4.98 Å². The number of hydrogen-bond donors (Lipinski definition) is 2. The molecule has 0 spiro atoms. The number of nitrogens with zero attached hydrogens (tertiary/aromatic N) is 1.